The second-order valence-electron chi connectivity index (χ2n) is 10.7. The molecule has 0 aromatic carbocycles. The summed E-state index contributed by atoms with van der Waals surface area (Å²) in [5, 5.41) is 0.409. The van der Waals surface area contributed by atoms with E-state index >= 15 is 0 Å². The number of esters is 1. The van der Waals surface area contributed by atoms with Crippen molar-refractivity contribution >= 4 is 28.6 Å². The van der Waals surface area contributed by atoms with Gasteiger partial charge in [-0.25, -0.2) is 0 Å². The van der Waals surface area contributed by atoms with Crippen LogP contribution in [-0.2, 0) is 19.1 Å². The first kappa shape index (κ1) is 19.8. The molecule has 29 heavy (non-hydrogen) atoms. The van der Waals surface area contributed by atoms with Gasteiger partial charge in [0.1, 0.15) is 5.60 Å². The van der Waals surface area contributed by atoms with E-state index in [-0.39, 0.29) is 38.5 Å². The molecular formula is C24H32O4S. The van der Waals surface area contributed by atoms with Crippen molar-refractivity contribution in [2.24, 2.45) is 28.6 Å². The van der Waals surface area contributed by atoms with Crippen LogP contribution in [0.15, 0.2) is 11.6 Å². The second-order valence-corrected chi connectivity index (χ2v) is 12.1. The maximum absolute atomic E-state index is 12.2. The molecule has 7 atom stereocenters. The monoisotopic (exact) mass is 416 g/mol. The van der Waals surface area contributed by atoms with Gasteiger partial charge in [-0.2, -0.15) is 0 Å². The summed E-state index contributed by atoms with van der Waals surface area (Å²) in [6, 6.07) is 0. The summed E-state index contributed by atoms with van der Waals surface area (Å²) in [7, 11) is 0. The Kier molecular flexibility index (Phi) is 4.41. The maximum Gasteiger partial charge on any atom is 0.306 e. The number of rotatable bonds is 1. The van der Waals surface area contributed by atoms with E-state index in [0.29, 0.717) is 30.6 Å². The third-order valence-corrected chi connectivity index (χ3v) is 10.7. The minimum Gasteiger partial charge on any atom is -0.458 e. The summed E-state index contributed by atoms with van der Waals surface area (Å²) in [6.07, 6.45) is 10.0. The molecular weight excluding hydrogens is 384 g/mol. The van der Waals surface area contributed by atoms with Crippen molar-refractivity contribution in [1.82, 2.24) is 0 Å². The lowest BCUT2D eigenvalue weighted by atomic mass is 9.46. The van der Waals surface area contributed by atoms with Gasteiger partial charge in [-0.3, -0.25) is 14.4 Å². The van der Waals surface area contributed by atoms with E-state index in [1.54, 1.807) is 6.92 Å². The van der Waals surface area contributed by atoms with E-state index in [4.69, 9.17) is 4.74 Å². The largest absolute Gasteiger partial charge is 0.458 e. The number of fused-ring (bicyclic) bond motifs is 6. The average molecular weight is 417 g/mol. The number of hydrogen-bond donors (Lipinski definition) is 0. The molecule has 1 aliphatic heterocycles. The van der Waals surface area contributed by atoms with Crippen LogP contribution in [-0.4, -0.2) is 27.7 Å². The Balaban J connectivity index is 1.56. The predicted molar refractivity (Wildman–Crippen MR) is 112 cm³/mol. The van der Waals surface area contributed by atoms with E-state index in [0.717, 1.165) is 44.9 Å². The van der Waals surface area contributed by atoms with Crippen molar-refractivity contribution < 1.29 is 19.1 Å². The molecule has 1 heterocycles. The number of thioether (sulfide) groups is 1. The Morgan fingerprint density at radius 2 is 1.83 bits per heavy atom. The fraction of sp³-hybridized carbons (Fsp3) is 0.792. The molecule has 0 radical (unpaired) electrons. The highest BCUT2D eigenvalue weighted by atomic mass is 32.2. The second kappa shape index (κ2) is 6.45. The molecule has 0 aromatic rings. The maximum atomic E-state index is 12.2. The van der Waals surface area contributed by atoms with E-state index < -0.39 is 0 Å². The highest BCUT2D eigenvalue weighted by Crippen LogP contribution is 2.70. The van der Waals surface area contributed by atoms with Crippen molar-refractivity contribution in [2.75, 3.05) is 0 Å². The van der Waals surface area contributed by atoms with E-state index in [9.17, 15) is 14.4 Å². The van der Waals surface area contributed by atoms with Gasteiger partial charge in [-0.15, -0.1) is 0 Å². The van der Waals surface area contributed by atoms with Gasteiger partial charge in [-0.05, 0) is 74.2 Å². The molecule has 5 rings (SSSR count). The molecule has 0 bridgehead atoms. The lowest BCUT2D eigenvalue weighted by Crippen LogP contribution is -2.57. The Labute approximate surface area is 177 Å². The Morgan fingerprint density at radius 1 is 1.07 bits per heavy atom. The van der Waals surface area contributed by atoms with E-state index in [1.807, 2.05) is 6.08 Å². The highest BCUT2D eigenvalue weighted by Gasteiger charge is 2.68. The molecule has 1 spiro atoms. The first-order valence-corrected chi connectivity index (χ1v) is 12.2. The number of carbonyl (C=O) groups excluding carboxylic acids is 3. The average Bonchev–Trinajstić information content (AvgIpc) is 3.17. The fourth-order valence-electron chi connectivity index (χ4n) is 8.13. The Morgan fingerprint density at radius 3 is 2.52 bits per heavy atom. The standard InChI is InChI=1S/C24H32O4S/c1-14(25)29-19-13-15-12-16(26)4-8-22(15,2)17-5-9-23(3)18(21(17)19)6-10-24(23)11-7-20(27)28-24/h12,17-19,21H,4-11,13H2,1-3H3/t17-,18-,19+,21+,22?,23-,24+/m0/s1. The van der Waals surface area contributed by atoms with Crippen LogP contribution in [0.25, 0.3) is 0 Å². The lowest BCUT2D eigenvalue weighted by molar-refractivity contribution is -0.167. The van der Waals surface area contributed by atoms with Crippen LogP contribution >= 0.6 is 11.8 Å². The molecule has 4 nitrogen and oxygen atoms in total. The molecule has 0 aromatic heterocycles. The van der Waals surface area contributed by atoms with Crippen molar-refractivity contribution in [3.63, 3.8) is 0 Å². The SMILES string of the molecule is CC(=O)S[C@@H]1CC2=CC(=O)CCC2(C)[C@H]2CC[C@@]3(C)[C@@H](CC[C@@]34CCC(=O)O4)[C@H]12. The Bertz CT molecular complexity index is 818. The van der Waals surface area contributed by atoms with Crippen molar-refractivity contribution in [3.05, 3.63) is 11.6 Å². The first-order chi connectivity index (χ1) is 13.7. The summed E-state index contributed by atoms with van der Waals surface area (Å²) in [6.45, 7) is 6.42. The van der Waals surface area contributed by atoms with Crippen molar-refractivity contribution in [2.45, 2.75) is 89.4 Å². The fourth-order valence-corrected chi connectivity index (χ4v) is 9.36. The number of ether oxygens (including phenoxy) is 1. The topological polar surface area (TPSA) is 60.4 Å². The zero-order valence-corrected chi connectivity index (χ0v) is 18.6. The molecule has 158 valence electrons. The van der Waals surface area contributed by atoms with Gasteiger partial charge in [0, 0.05) is 30.4 Å². The van der Waals surface area contributed by atoms with Gasteiger partial charge < -0.3 is 4.74 Å². The quantitative estimate of drug-likeness (QED) is 0.572. The van der Waals surface area contributed by atoms with Crippen LogP contribution < -0.4 is 0 Å². The summed E-state index contributed by atoms with van der Waals surface area (Å²) in [5.41, 5.74) is 1.09. The summed E-state index contributed by atoms with van der Waals surface area (Å²) < 4.78 is 6.06. The van der Waals surface area contributed by atoms with Gasteiger partial charge >= 0.3 is 5.97 Å². The van der Waals surface area contributed by atoms with Crippen LogP contribution in [0.5, 0.6) is 0 Å². The summed E-state index contributed by atoms with van der Waals surface area (Å²) in [5.74, 6) is 1.67. The van der Waals surface area contributed by atoms with Gasteiger partial charge in [0.2, 0.25) is 0 Å². The normalized spacial score (nSPS) is 48.6. The molecule has 1 unspecified atom stereocenters. The van der Waals surface area contributed by atoms with Crippen molar-refractivity contribution in [1.29, 1.82) is 0 Å². The summed E-state index contributed by atoms with van der Waals surface area (Å²) in [4.78, 5) is 36.4. The van der Waals surface area contributed by atoms with Gasteiger partial charge in [0.25, 0.3) is 0 Å². The zero-order chi connectivity index (χ0) is 20.6. The molecule has 4 aliphatic carbocycles. The van der Waals surface area contributed by atoms with Gasteiger partial charge in [0.15, 0.2) is 10.9 Å². The molecule has 0 amide bonds. The third-order valence-electron chi connectivity index (χ3n) is 9.61. The van der Waals surface area contributed by atoms with Crippen LogP contribution in [0.1, 0.15) is 78.6 Å². The third kappa shape index (κ3) is 2.68. The zero-order valence-electron chi connectivity index (χ0n) is 17.8. The number of ketones is 1. The minimum atomic E-state index is -0.287. The molecule has 5 aliphatic rings. The van der Waals surface area contributed by atoms with Crippen LogP contribution in [0, 0.1) is 28.6 Å². The van der Waals surface area contributed by atoms with Crippen LogP contribution in [0.3, 0.4) is 0 Å². The minimum absolute atomic E-state index is 0.0119. The van der Waals surface area contributed by atoms with E-state index in [1.165, 1.54) is 17.3 Å². The number of allylic oxidation sites excluding steroid dienone is 1. The summed E-state index contributed by atoms with van der Waals surface area (Å²) >= 11 is 1.50. The van der Waals surface area contributed by atoms with Crippen LogP contribution in [0.4, 0.5) is 0 Å². The molecule has 5 heteroatoms. The first-order valence-electron chi connectivity index (χ1n) is 11.3. The van der Waals surface area contributed by atoms with Crippen LogP contribution in [0.2, 0.25) is 0 Å². The van der Waals surface area contributed by atoms with E-state index in [2.05, 4.69) is 13.8 Å². The smallest absolute Gasteiger partial charge is 0.306 e. The Hall–Kier alpha value is -1.10. The predicted octanol–water partition coefficient (Wildman–Crippen LogP) is 4.85. The number of carbonyl (C=O) groups is 3. The molecule has 0 N–H and O–H groups in total. The number of hydrogen-bond acceptors (Lipinski definition) is 5. The highest BCUT2D eigenvalue weighted by molar-refractivity contribution is 8.14. The molecule has 1 saturated heterocycles. The van der Waals surface area contributed by atoms with Gasteiger partial charge in [-0.1, -0.05) is 31.2 Å². The lowest BCUT2D eigenvalue weighted by Gasteiger charge is -2.61. The van der Waals surface area contributed by atoms with Crippen molar-refractivity contribution in [3.8, 4) is 0 Å². The molecule has 4 fully saturated rings. The molecule has 3 saturated carbocycles. The van der Waals surface area contributed by atoms with Gasteiger partial charge in [0.05, 0.1) is 0 Å².